The lowest BCUT2D eigenvalue weighted by Crippen LogP contribution is -2.56. The maximum atomic E-state index is 11.6. The van der Waals surface area contributed by atoms with Crippen molar-refractivity contribution in [1.82, 2.24) is 15.0 Å². The minimum Gasteiger partial charge on any atom is -0.375 e. The first-order valence-corrected chi connectivity index (χ1v) is 7.18. The minimum absolute atomic E-state index is 0.244. The van der Waals surface area contributed by atoms with Crippen LogP contribution in [-0.4, -0.2) is 46.2 Å². The van der Waals surface area contributed by atoms with Gasteiger partial charge >= 0.3 is 0 Å². The van der Waals surface area contributed by atoms with Gasteiger partial charge in [-0.3, -0.25) is 9.69 Å². The molecule has 1 fully saturated rings. The zero-order chi connectivity index (χ0) is 15.5. The summed E-state index contributed by atoms with van der Waals surface area (Å²) in [5, 5.41) is 3.98. The van der Waals surface area contributed by atoms with Gasteiger partial charge in [0.25, 0.3) is 5.89 Å². The van der Waals surface area contributed by atoms with Gasteiger partial charge in [0.05, 0.1) is 19.3 Å². The van der Waals surface area contributed by atoms with Crippen LogP contribution in [0.5, 0.6) is 0 Å². The third-order valence-electron chi connectivity index (χ3n) is 3.72. The summed E-state index contributed by atoms with van der Waals surface area (Å²) >= 11 is 0. The maximum absolute atomic E-state index is 11.6. The van der Waals surface area contributed by atoms with Crippen LogP contribution < -0.4 is 5.73 Å². The quantitative estimate of drug-likeness (QED) is 0.898. The molecule has 1 aromatic heterocycles. The van der Waals surface area contributed by atoms with Gasteiger partial charge in [0.1, 0.15) is 6.04 Å². The Morgan fingerprint density at radius 2 is 2.18 bits per heavy atom. The van der Waals surface area contributed by atoms with Crippen LogP contribution in [0.15, 0.2) is 34.9 Å². The van der Waals surface area contributed by atoms with Crippen LogP contribution >= 0.6 is 0 Å². The average Bonchev–Trinajstić information content (AvgIpc) is 2.96. The Kier molecular flexibility index (Phi) is 4.17. The maximum Gasteiger partial charge on any atom is 0.257 e. The number of morpholine rings is 1. The molecule has 0 unspecified atom stereocenters. The molecule has 1 aliphatic heterocycles. The summed E-state index contributed by atoms with van der Waals surface area (Å²) in [5.41, 5.74) is 6.34. The van der Waals surface area contributed by atoms with E-state index in [0.717, 1.165) is 5.56 Å². The van der Waals surface area contributed by atoms with Crippen molar-refractivity contribution in [3.8, 4) is 11.5 Å². The Bertz CT molecular complexity index is 643. The lowest BCUT2D eigenvalue weighted by molar-refractivity contribution is -0.136. The van der Waals surface area contributed by atoms with E-state index in [-0.39, 0.29) is 6.10 Å². The zero-order valence-corrected chi connectivity index (χ0v) is 12.3. The molecule has 0 spiro atoms. The van der Waals surface area contributed by atoms with Gasteiger partial charge in [-0.25, -0.2) is 0 Å². The van der Waals surface area contributed by atoms with E-state index in [0.29, 0.717) is 31.4 Å². The molecule has 2 atom stereocenters. The summed E-state index contributed by atoms with van der Waals surface area (Å²) in [6.45, 7) is 3.40. The van der Waals surface area contributed by atoms with Crippen molar-refractivity contribution < 1.29 is 14.1 Å². The zero-order valence-electron chi connectivity index (χ0n) is 12.3. The number of hydrogen-bond acceptors (Lipinski definition) is 6. The van der Waals surface area contributed by atoms with E-state index in [1.54, 1.807) is 0 Å². The van der Waals surface area contributed by atoms with Gasteiger partial charge in [-0.2, -0.15) is 4.98 Å². The molecular formula is C15H18N4O3. The molecule has 1 aliphatic rings. The van der Waals surface area contributed by atoms with Gasteiger partial charge in [-0.1, -0.05) is 23.4 Å². The van der Waals surface area contributed by atoms with Crippen LogP contribution in [0, 0.1) is 0 Å². The molecular weight excluding hydrogens is 284 g/mol. The normalized spacial score (nSPS) is 22.6. The van der Waals surface area contributed by atoms with Crippen molar-refractivity contribution in [2.75, 3.05) is 13.2 Å². The number of carbonyl (C=O) groups is 1. The number of amides is 1. The highest BCUT2D eigenvalue weighted by molar-refractivity contribution is 5.80. The van der Waals surface area contributed by atoms with Crippen LogP contribution in [0.2, 0.25) is 0 Å². The number of nitrogens with two attached hydrogens (primary N) is 1. The largest absolute Gasteiger partial charge is 0.375 e. The lowest BCUT2D eigenvalue weighted by atomic mass is 10.1. The second kappa shape index (κ2) is 6.25. The fourth-order valence-corrected chi connectivity index (χ4v) is 2.67. The van der Waals surface area contributed by atoms with Crippen molar-refractivity contribution in [1.29, 1.82) is 0 Å². The number of aromatic nitrogens is 2. The topological polar surface area (TPSA) is 94.5 Å². The molecule has 2 aromatic rings. The molecule has 0 saturated carbocycles. The predicted molar refractivity (Wildman–Crippen MR) is 78.5 cm³/mol. The van der Waals surface area contributed by atoms with Crippen molar-refractivity contribution in [2.24, 2.45) is 5.73 Å². The molecule has 7 heteroatoms. The van der Waals surface area contributed by atoms with E-state index in [2.05, 4.69) is 10.1 Å². The second-order valence-corrected chi connectivity index (χ2v) is 5.28. The van der Waals surface area contributed by atoms with E-state index in [4.69, 9.17) is 15.0 Å². The first-order chi connectivity index (χ1) is 10.6. The molecule has 22 heavy (non-hydrogen) atoms. The monoisotopic (exact) mass is 302 g/mol. The third kappa shape index (κ3) is 3.00. The number of hydrogen-bond donors (Lipinski definition) is 1. The van der Waals surface area contributed by atoms with Crippen LogP contribution in [0.4, 0.5) is 0 Å². The van der Waals surface area contributed by atoms with Gasteiger partial charge in [0.2, 0.25) is 5.91 Å². The van der Waals surface area contributed by atoms with Gasteiger partial charge in [-0.15, -0.1) is 0 Å². The molecule has 116 valence electrons. The molecule has 3 rings (SSSR count). The Morgan fingerprint density at radius 1 is 1.41 bits per heavy atom. The number of carbonyl (C=O) groups excluding carboxylic acids is 1. The number of nitrogens with zero attached hydrogens (tertiary/aromatic N) is 3. The first-order valence-electron chi connectivity index (χ1n) is 7.18. The van der Waals surface area contributed by atoms with E-state index in [1.807, 2.05) is 42.2 Å². The highest BCUT2D eigenvalue weighted by Gasteiger charge is 2.34. The summed E-state index contributed by atoms with van der Waals surface area (Å²) < 4.78 is 10.8. The molecule has 0 bridgehead atoms. The van der Waals surface area contributed by atoms with Gasteiger partial charge < -0.3 is 15.0 Å². The fraction of sp³-hybridized carbons (Fsp3) is 0.400. The Morgan fingerprint density at radius 3 is 2.91 bits per heavy atom. The molecule has 2 N–H and O–H groups in total. The standard InChI is InChI=1S/C15H18N4O3/c1-10-13(14(16)20)19(7-8-21-10)9-12-17-15(22-18-12)11-5-3-2-4-6-11/h2-6,10,13H,7-9H2,1H3,(H2,16,20)/t10-,13+/m1/s1. The van der Waals surface area contributed by atoms with Gasteiger partial charge in [0, 0.05) is 12.1 Å². The van der Waals surface area contributed by atoms with E-state index in [1.165, 1.54) is 0 Å². The Balaban J connectivity index is 1.75. The summed E-state index contributed by atoms with van der Waals surface area (Å²) in [5.74, 6) is 0.589. The summed E-state index contributed by atoms with van der Waals surface area (Å²) in [6.07, 6.45) is -0.244. The lowest BCUT2D eigenvalue weighted by Gasteiger charge is -2.37. The third-order valence-corrected chi connectivity index (χ3v) is 3.72. The van der Waals surface area contributed by atoms with Crippen molar-refractivity contribution in [3.63, 3.8) is 0 Å². The molecule has 7 nitrogen and oxygen atoms in total. The smallest absolute Gasteiger partial charge is 0.257 e. The molecule has 0 radical (unpaired) electrons. The fourth-order valence-electron chi connectivity index (χ4n) is 2.67. The van der Waals surface area contributed by atoms with Crippen molar-refractivity contribution >= 4 is 5.91 Å². The highest BCUT2D eigenvalue weighted by atomic mass is 16.5. The predicted octanol–water partition coefficient (Wildman–Crippen LogP) is 0.811. The van der Waals surface area contributed by atoms with Crippen LogP contribution in [0.1, 0.15) is 12.7 Å². The van der Waals surface area contributed by atoms with Gasteiger partial charge in [-0.05, 0) is 19.1 Å². The number of ether oxygens (including phenoxy) is 1. The van der Waals surface area contributed by atoms with Crippen LogP contribution in [0.3, 0.4) is 0 Å². The van der Waals surface area contributed by atoms with Crippen LogP contribution in [0.25, 0.3) is 11.5 Å². The SMILES string of the molecule is C[C@H]1OCCN(Cc2noc(-c3ccccc3)n2)[C@@H]1C(N)=O. The summed E-state index contributed by atoms with van der Waals surface area (Å²) in [7, 11) is 0. The van der Waals surface area contributed by atoms with Crippen molar-refractivity contribution in [2.45, 2.75) is 25.6 Å². The summed E-state index contributed by atoms with van der Waals surface area (Å²) in [6, 6.07) is 9.07. The molecule has 1 amide bonds. The first kappa shape index (κ1) is 14.7. The second-order valence-electron chi connectivity index (χ2n) is 5.28. The van der Waals surface area contributed by atoms with Crippen LogP contribution in [-0.2, 0) is 16.1 Å². The Hall–Kier alpha value is -2.25. The molecule has 1 saturated heterocycles. The van der Waals surface area contributed by atoms with E-state index < -0.39 is 11.9 Å². The Labute approximate surface area is 128 Å². The number of primary amides is 1. The molecule has 1 aromatic carbocycles. The van der Waals surface area contributed by atoms with Gasteiger partial charge in [0.15, 0.2) is 5.82 Å². The highest BCUT2D eigenvalue weighted by Crippen LogP contribution is 2.19. The summed E-state index contributed by atoms with van der Waals surface area (Å²) in [4.78, 5) is 17.9. The minimum atomic E-state index is -0.479. The average molecular weight is 302 g/mol. The van der Waals surface area contributed by atoms with E-state index in [9.17, 15) is 4.79 Å². The number of benzene rings is 1. The molecule has 0 aliphatic carbocycles. The molecule has 2 heterocycles. The number of rotatable bonds is 4. The van der Waals surface area contributed by atoms with Crippen molar-refractivity contribution in [3.05, 3.63) is 36.2 Å². The van der Waals surface area contributed by atoms with E-state index >= 15 is 0 Å².